The quantitative estimate of drug-likeness (QED) is 0.659. The van der Waals surface area contributed by atoms with Gasteiger partial charge in [-0.25, -0.2) is 4.79 Å². The molecule has 0 unspecified atom stereocenters. The summed E-state index contributed by atoms with van der Waals surface area (Å²) in [6.45, 7) is -0.464. The lowest BCUT2D eigenvalue weighted by Crippen LogP contribution is -2.21. The zero-order chi connectivity index (χ0) is 17.6. The van der Waals surface area contributed by atoms with Crippen LogP contribution >= 0.6 is 15.9 Å². The molecule has 3 aromatic rings. The van der Waals surface area contributed by atoms with E-state index in [1.54, 1.807) is 36.4 Å². The van der Waals surface area contributed by atoms with Crippen LogP contribution in [-0.2, 0) is 9.53 Å². The number of amides is 1. The lowest BCUT2D eigenvalue weighted by molar-refractivity contribution is -0.119. The minimum atomic E-state index is -0.605. The van der Waals surface area contributed by atoms with Gasteiger partial charge in [0.05, 0.1) is 5.56 Å². The molecule has 0 aliphatic rings. The third kappa shape index (κ3) is 4.51. The molecule has 1 N–H and O–H groups in total. The molecule has 0 fully saturated rings. The normalized spacial score (nSPS) is 10.3. The number of rotatable bonds is 5. The van der Waals surface area contributed by atoms with E-state index in [2.05, 4.69) is 31.4 Å². The number of benzene rings is 2. The van der Waals surface area contributed by atoms with Crippen molar-refractivity contribution in [2.45, 2.75) is 0 Å². The predicted octanol–water partition coefficient (Wildman–Crippen LogP) is 3.29. The molecule has 0 radical (unpaired) electrons. The molecule has 0 aliphatic heterocycles. The highest BCUT2D eigenvalue weighted by Crippen LogP contribution is 2.19. The second-order valence-corrected chi connectivity index (χ2v) is 5.83. The van der Waals surface area contributed by atoms with Crippen LogP contribution in [0.3, 0.4) is 0 Å². The second kappa shape index (κ2) is 7.71. The van der Waals surface area contributed by atoms with Crippen LogP contribution in [0, 0.1) is 0 Å². The number of carbonyl (C=O) groups excluding carboxylic acids is 2. The number of nitrogens with zero attached hydrogens (tertiary/aromatic N) is 2. The summed E-state index contributed by atoms with van der Waals surface area (Å²) in [6.07, 6.45) is 0. The summed E-state index contributed by atoms with van der Waals surface area (Å²) in [6, 6.07) is 15.7. The maximum absolute atomic E-state index is 11.9. The Hall–Kier alpha value is -3.00. The van der Waals surface area contributed by atoms with E-state index in [0.29, 0.717) is 5.56 Å². The summed E-state index contributed by atoms with van der Waals surface area (Å²) >= 11 is 3.26. The van der Waals surface area contributed by atoms with Crippen LogP contribution in [0.15, 0.2) is 63.5 Å². The molecule has 0 saturated carbocycles. The molecule has 0 spiro atoms. The number of anilines is 1. The van der Waals surface area contributed by atoms with Crippen LogP contribution in [-0.4, -0.2) is 28.7 Å². The van der Waals surface area contributed by atoms with Crippen molar-refractivity contribution in [3.63, 3.8) is 0 Å². The van der Waals surface area contributed by atoms with Crippen molar-refractivity contribution in [1.82, 2.24) is 10.2 Å². The number of nitrogens with one attached hydrogen (secondary N) is 1. The molecule has 25 heavy (non-hydrogen) atoms. The van der Waals surface area contributed by atoms with Crippen molar-refractivity contribution in [3.8, 4) is 11.5 Å². The maximum Gasteiger partial charge on any atom is 0.338 e. The zero-order valence-corrected chi connectivity index (χ0v) is 14.4. The summed E-state index contributed by atoms with van der Waals surface area (Å²) in [7, 11) is 0. The number of halogens is 1. The van der Waals surface area contributed by atoms with E-state index in [9.17, 15) is 9.59 Å². The van der Waals surface area contributed by atoms with Gasteiger partial charge in [-0.2, -0.15) is 0 Å². The van der Waals surface area contributed by atoms with Crippen molar-refractivity contribution in [3.05, 3.63) is 64.6 Å². The fourth-order valence-corrected chi connectivity index (χ4v) is 2.36. The van der Waals surface area contributed by atoms with E-state index in [-0.39, 0.29) is 11.9 Å². The van der Waals surface area contributed by atoms with Gasteiger partial charge in [0, 0.05) is 10.0 Å². The topological polar surface area (TPSA) is 94.3 Å². The molecule has 3 rings (SSSR count). The summed E-state index contributed by atoms with van der Waals surface area (Å²) in [5.74, 6) is -0.902. The van der Waals surface area contributed by atoms with Gasteiger partial charge in [0.15, 0.2) is 6.61 Å². The standard InChI is InChI=1S/C17H12BrN3O4/c18-13-8-4-7-12(9-13)16(23)24-10-14(22)19-17-21-20-15(25-17)11-5-2-1-3-6-11/h1-9H,10H2,(H,19,21,22). The second-order valence-electron chi connectivity index (χ2n) is 4.91. The molecule has 0 bridgehead atoms. The molecule has 0 saturated heterocycles. The van der Waals surface area contributed by atoms with E-state index in [4.69, 9.17) is 9.15 Å². The Morgan fingerprint density at radius 1 is 1.08 bits per heavy atom. The van der Waals surface area contributed by atoms with Crippen LogP contribution in [0.2, 0.25) is 0 Å². The van der Waals surface area contributed by atoms with Crippen LogP contribution < -0.4 is 5.32 Å². The van der Waals surface area contributed by atoms with E-state index in [1.165, 1.54) is 0 Å². The number of carbonyl (C=O) groups is 2. The maximum atomic E-state index is 11.9. The van der Waals surface area contributed by atoms with Gasteiger partial charge in [-0.05, 0) is 30.3 Å². The van der Waals surface area contributed by atoms with Gasteiger partial charge in [-0.1, -0.05) is 45.3 Å². The first kappa shape index (κ1) is 16.8. The lowest BCUT2D eigenvalue weighted by Gasteiger charge is -2.04. The van der Waals surface area contributed by atoms with Gasteiger partial charge in [-0.3, -0.25) is 10.1 Å². The van der Waals surface area contributed by atoms with Gasteiger partial charge in [0.1, 0.15) is 0 Å². The van der Waals surface area contributed by atoms with Crippen molar-refractivity contribution in [2.24, 2.45) is 0 Å². The van der Waals surface area contributed by atoms with E-state index in [1.807, 2.05) is 18.2 Å². The highest BCUT2D eigenvalue weighted by Gasteiger charge is 2.14. The Morgan fingerprint density at radius 3 is 2.64 bits per heavy atom. The van der Waals surface area contributed by atoms with Crippen LogP contribution in [0.1, 0.15) is 10.4 Å². The Bertz CT molecular complexity index is 896. The average molecular weight is 402 g/mol. The number of hydrogen-bond acceptors (Lipinski definition) is 6. The highest BCUT2D eigenvalue weighted by atomic mass is 79.9. The van der Waals surface area contributed by atoms with Crippen LogP contribution in [0.4, 0.5) is 6.01 Å². The van der Waals surface area contributed by atoms with Gasteiger partial charge in [-0.15, -0.1) is 5.10 Å². The third-order valence-electron chi connectivity index (χ3n) is 3.09. The number of ether oxygens (including phenoxy) is 1. The fourth-order valence-electron chi connectivity index (χ4n) is 1.96. The van der Waals surface area contributed by atoms with Crippen molar-refractivity contribution in [1.29, 1.82) is 0 Å². The Morgan fingerprint density at radius 2 is 1.88 bits per heavy atom. The summed E-state index contributed by atoms with van der Waals surface area (Å²) < 4.78 is 11.0. The SMILES string of the molecule is O=C(COC(=O)c1cccc(Br)c1)Nc1nnc(-c2ccccc2)o1. The van der Waals surface area contributed by atoms with Crippen LogP contribution in [0.25, 0.3) is 11.5 Å². The molecular formula is C17H12BrN3O4. The van der Waals surface area contributed by atoms with Gasteiger partial charge < -0.3 is 9.15 Å². The highest BCUT2D eigenvalue weighted by molar-refractivity contribution is 9.10. The number of esters is 1. The van der Waals surface area contributed by atoms with Crippen LogP contribution in [0.5, 0.6) is 0 Å². The Labute approximate surface area is 151 Å². The smallest absolute Gasteiger partial charge is 0.338 e. The molecule has 1 heterocycles. The van der Waals surface area contributed by atoms with E-state index in [0.717, 1.165) is 10.0 Å². The first-order valence-corrected chi connectivity index (χ1v) is 8.02. The average Bonchev–Trinajstić information content (AvgIpc) is 3.09. The molecular weight excluding hydrogens is 390 g/mol. The molecule has 2 aromatic carbocycles. The van der Waals surface area contributed by atoms with Gasteiger partial charge in [0.2, 0.25) is 5.89 Å². The Balaban J connectivity index is 1.55. The number of aromatic nitrogens is 2. The minimum absolute atomic E-state index is 0.0673. The molecule has 8 heteroatoms. The molecule has 1 amide bonds. The summed E-state index contributed by atoms with van der Waals surface area (Å²) in [4.78, 5) is 23.7. The third-order valence-corrected chi connectivity index (χ3v) is 3.58. The molecule has 1 aromatic heterocycles. The van der Waals surface area contributed by atoms with Crippen molar-refractivity contribution < 1.29 is 18.7 Å². The lowest BCUT2D eigenvalue weighted by atomic mass is 10.2. The van der Waals surface area contributed by atoms with E-state index >= 15 is 0 Å². The predicted molar refractivity (Wildman–Crippen MR) is 92.8 cm³/mol. The summed E-state index contributed by atoms with van der Waals surface area (Å²) in [5, 5.41) is 9.97. The largest absolute Gasteiger partial charge is 0.452 e. The van der Waals surface area contributed by atoms with Crippen molar-refractivity contribution >= 4 is 33.8 Å². The summed E-state index contributed by atoms with van der Waals surface area (Å²) in [5.41, 5.74) is 1.07. The first-order valence-electron chi connectivity index (χ1n) is 7.23. The monoisotopic (exact) mass is 401 g/mol. The van der Waals surface area contributed by atoms with Gasteiger partial charge >= 0.3 is 12.0 Å². The first-order chi connectivity index (χ1) is 12.1. The molecule has 126 valence electrons. The Kier molecular flexibility index (Phi) is 5.20. The molecule has 0 aliphatic carbocycles. The molecule has 7 nitrogen and oxygen atoms in total. The fraction of sp³-hybridized carbons (Fsp3) is 0.0588. The number of hydrogen-bond donors (Lipinski definition) is 1. The molecule has 0 atom stereocenters. The zero-order valence-electron chi connectivity index (χ0n) is 12.8. The van der Waals surface area contributed by atoms with Crippen molar-refractivity contribution in [2.75, 3.05) is 11.9 Å². The van der Waals surface area contributed by atoms with E-state index < -0.39 is 18.5 Å². The van der Waals surface area contributed by atoms with Gasteiger partial charge in [0.25, 0.3) is 5.91 Å². The minimum Gasteiger partial charge on any atom is -0.452 e.